The molecule has 1 N–H and O–H groups in total. The number of nitrogens with one attached hydrogen (secondary N) is 1. The summed E-state index contributed by atoms with van der Waals surface area (Å²) in [5, 5.41) is 4.01. The van der Waals surface area contributed by atoms with E-state index in [9.17, 15) is 4.79 Å². The van der Waals surface area contributed by atoms with Gasteiger partial charge in [-0.15, -0.1) is 0 Å². The first kappa shape index (κ1) is 15.9. The number of methoxy groups -OCH3 is 1. The molecule has 0 aliphatic heterocycles. The molecule has 0 spiro atoms. The zero-order chi connectivity index (χ0) is 15.4. The summed E-state index contributed by atoms with van der Waals surface area (Å²) in [6.45, 7) is 2.49. The molecule has 0 heterocycles. The van der Waals surface area contributed by atoms with Crippen molar-refractivity contribution in [2.24, 2.45) is 0 Å². The average Bonchev–Trinajstić information content (AvgIpc) is 2.48. The molecule has 0 aliphatic carbocycles. The van der Waals surface area contributed by atoms with Crippen LogP contribution in [0.1, 0.15) is 21.5 Å². The summed E-state index contributed by atoms with van der Waals surface area (Å²) in [5.41, 5.74) is 3.37. The molecule has 21 heavy (non-hydrogen) atoms. The summed E-state index contributed by atoms with van der Waals surface area (Å²) in [6, 6.07) is 11.2. The van der Waals surface area contributed by atoms with Gasteiger partial charge in [0, 0.05) is 21.7 Å². The fourth-order valence-corrected chi connectivity index (χ4v) is 2.61. The molecule has 0 atom stereocenters. The van der Waals surface area contributed by atoms with Crippen LogP contribution in [-0.4, -0.2) is 13.1 Å². The van der Waals surface area contributed by atoms with Gasteiger partial charge < -0.3 is 10.1 Å². The lowest BCUT2D eigenvalue weighted by Gasteiger charge is -2.13. The number of carbonyl (C=O) groups is 1. The Balaban J connectivity index is 2.21. The third-order valence-corrected chi connectivity index (χ3v) is 4.22. The summed E-state index contributed by atoms with van der Waals surface area (Å²) in [4.78, 5) is 11.7. The highest BCUT2D eigenvalue weighted by molar-refractivity contribution is 9.10. The number of anilines is 1. The summed E-state index contributed by atoms with van der Waals surface area (Å²) in [5.74, 6) is -0.333. The van der Waals surface area contributed by atoms with E-state index in [0.29, 0.717) is 17.1 Å². The van der Waals surface area contributed by atoms with Crippen LogP contribution < -0.4 is 5.32 Å². The van der Waals surface area contributed by atoms with E-state index in [4.69, 9.17) is 16.3 Å². The summed E-state index contributed by atoms with van der Waals surface area (Å²) < 4.78 is 5.77. The highest BCUT2D eigenvalue weighted by atomic mass is 79.9. The molecule has 2 aromatic rings. The molecule has 0 radical (unpaired) electrons. The second-order valence-corrected chi connectivity index (χ2v) is 5.85. The monoisotopic (exact) mass is 367 g/mol. The van der Waals surface area contributed by atoms with Gasteiger partial charge in [0.05, 0.1) is 12.7 Å². The second kappa shape index (κ2) is 6.96. The molecular weight excluding hydrogens is 354 g/mol. The smallest absolute Gasteiger partial charge is 0.338 e. The number of halogens is 2. The number of carbonyl (C=O) groups excluding carboxylic acids is 1. The Labute approximate surface area is 137 Å². The van der Waals surface area contributed by atoms with Crippen molar-refractivity contribution in [2.45, 2.75) is 13.5 Å². The van der Waals surface area contributed by atoms with E-state index < -0.39 is 0 Å². The first-order chi connectivity index (χ1) is 10.0. The highest BCUT2D eigenvalue weighted by Gasteiger charge is 2.11. The Kier molecular flexibility index (Phi) is 5.26. The van der Waals surface area contributed by atoms with Crippen molar-refractivity contribution < 1.29 is 9.53 Å². The van der Waals surface area contributed by atoms with Gasteiger partial charge in [-0.3, -0.25) is 0 Å². The summed E-state index contributed by atoms with van der Waals surface area (Å²) >= 11 is 9.50. The lowest BCUT2D eigenvalue weighted by atomic mass is 10.1. The van der Waals surface area contributed by atoms with Crippen molar-refractivity contribution >= 4 is 39.2 Å². The first-order valence-electron chi connectivity index (χ1n) is 6.38. The zero-order valence-electron chi connectivity index (χ0n) is 11.7. The number of hydrogen-bond acceptors (Lipinski definition) is 3. The van der Waals surface area contributed by atoms with Gasteiger partial charge >= 0.3 is 5.97 Å². The van der Waals surface area contributed by atoms with E-state index in [1.165, 1.54) is 7.11 Å². The minimum atomic E-state index is -0.333. The van der Waals surface area contributed by atoms with Crippen LogP contribution in [0.3, 0.4) is 0 Å². The Bertz CT molecular complexity index is 673. The predicted octanol–water partition coefficient (Wildman–Crippen LogP) is 4.81. The van der Waals surface area contributed by atoms with Crippen LogP contribution in [0.25, 0.3) is 0 Å². The van der Waals surface area contributed by atoms with Gasteiger partial charge in [0.2, 0.25) is 0 Å². The maximum absolute atomic E-state index is 11.7. The van der Waals surface area contributed by atoms with Gasteiger partial charge in [-0.25, -0.2) is 4.79 Å². The van der Waals surface area contributed by atoms with E-state index >= 15 is 0 Å². The molecule has 5 heteroatoms. The lowest BCUT2D eigenvalue weighted by molar-refractivity contribution is 0.0600. The van der Waals surface area contributed by atoms with Crippen LogP contribution >= 0.6 is 27.5 Å². The highest BCUT2D eigenvalue weighted by Crippen LogP contribution is 2.24. The SMILES string of the molecule is COC(=O)c1cccc(NCc2cc(Cl)ccc2Br)c1C. The van der Waals surface area contributed by atoms with Crippen LogP contribution in [0.2, 0.25) is 5.02 Å². The van der Waals surface area contributed by atoms with E-state index in [0.717, 1.165) is 21.3 Å². The quantitative estimate of drug-likeness (QED) is 0.787. The fraction of sp³-hybridized carbons (Fsp3) is 0.188. The molecule has 0 saturated heterocycles. The minimum absolute atomic E-state index is 0.333. The van der Waals surface area contributed by atoms with Gasteiger partial charge in [0.1, 0.15) is 0 Å². The van der Waals surface area contributed by atoms with Crippen molar-refractivity contribution in [3.8, 4) is 0 Å². The van der Waals surface area contributed by atoms with E-state index in [-0.39, 0.29) is 5.97 Å². The normalized spacial score (nSPS) is 10.3. The molecule has 110 valence electrons. The molecule has 2 rings (SSSR count). The fourth-order valence-electron chi connectivity index (χ4n) is 2.03. The molecule has 2 aromatic carbocycles. The third-order valence-electron chi connectivity index (χ3n) is 3.22. The third kappa shape index (κ3) is 3.77. The van der Waals surface area contributed by atoms with Crippen LogP contribution in [0.5, 0.6) is 0 Å². The summed E-state index contributed by atoms with van der Waals surface area (Å²) in [6.07, 6.45) is 0. The van der Waals surface area contributed by atoms with Gasteiger partial charge in [-0.2, -0.15) is 0 Å². The molecule has 0 unspecified atom stereocenters. The molecule has 0 amide bonds. The summed E-state index contributed by atoms with van der Waals surface area (Å²) in [7, 11) is 1.38. The maximum Gasteiger partial charge on any atom is 0.338 e. The number of hydrogen-bond donors (Lipinski definition) is 1. The predicted molar refractivity (Wildman–Crippen MR) is 89.0 cm³/mol. The molecular formula is C16H15BrClNO2. The van der Waals surface area contributed by atoms with Crippen molar-refractivity contribution in [1.29, 1.82) is 0 Å². The van der Waals surface area contributed by atoms with Gasteiger partial charge in [-0.05, 0) is 48.4 Å². The Morgan fingerprint density at radius 2 is 2.10 bits per heavy atom. The molecule has 3 nitrogen and oxygen atoms in total. The Morgan fingerprint density at radius 3 is 2.81 bits per heavy atom. The minimum Gasteiger partial charge on any atom is -0.465 e. The topological polar surface area (TPSA) is 38.3 Å². The van der Waals surface area contributed by atoms with Crippen LogP contribution in [0.4, 0.5) is 5.69 Å². The molecule has 0 aliphatic rings. The van der Waals surface area contributed by atoms with Crippen molar-refractivity contribution in [3.05, 3.63) is 62.6 Å². The molecule has 0 saturated carbocycles. The number of rotatable bonds is 4. The maximum atomic E-state index is 11.7. The van der Waals surface area contributed by atoms with Crippen LogP contribution in [0, 0.1) is 6.92 Å². The molecule has 0 fully saturated rings. The standard InChI is InChI=1S/C16H15BrClNO2/c1-10-13(16(20)21-2)4-3-5-15(10)19-9-11-8-12(18)6-7-14(11)17/h3-8,19H,9H2,1-2H3. The van der Waals surface area contributed by atoms with Crippen molar-refractivity contribution in [2.75, 3.05) is 12.4 Å². The lowest BCUT2D eigenvalue weighted by Crippen LogP contribution is -2.07. The van der Waals surface area contributed by atoms with Crippen molar-refractivity contribution in [3.63, 3.8) is 0 Å². The number of benzene rings is 2. The van der Waals surface area contributed by atoms with Crippen molar-refractivity contribution in [1.82, 2.24) is 0 Å². The molecule has 0 bridgehead atoms. The van der Waals surface area contributed by atoms with Gasteiger partial charge in [-0.1, -0.05) is 33.6 Å². The first-order valence-corrected chi connectivity index (χ1v) is 7.55. The van der Waals surface area contributed by atoms with Gasteiger partial charge in [0.15, 0.2) is 0 Å². The molecule has 0 aromatic heterocycles. The van der Waals surface area contributed by atoms with Gasteiger partial charge in [0.25, 0.3) is 0 Å². The Morgan fingerprint density at radius 1 is 1.33 bits per heavy atom. The average molecular weight is 369 g/mol. The van der Waals surface area contributed by atoms with E-state index in [2.05, 4.69) is 21.2 Å². The van der Waals surface area contributed by atoms with E-state index in [1.54, 1.807) is 6.07 Å². The van der Waals surface area contributed by atoms with Crippen LogP contribution in [-0.2, 0) is 11.3 Å². The number of esters is 1. The zero-order valence-corrected chi connectivity index (χ0v) is 14.1. The largest absolute Gasteiger partial charge is 0.465 e. The Hall–Kier alpha value is -1.52. The number of ether oxygens (including phenoxy) is 1. The van der Waals surface area contributed by atoms with Crippen LogP contribution in [0.15, 0.2) is 40.9 Å². The second-order valence-electron chi connectivity index (χ2n) is 4.56. The van der Waals surface area contributed by atoms with E-state index in [1.807, 2.05) is 37.3 Å².